The quantitative estimate of drug-likeness (QED) is 0.557. The Balaban J connectivity index is 2.28. The number of aromatic nitrogens is 2. The van der Waals surface area contributed by atoms with E-state index in [1.165, 1.54) is 4.90 Å². The smallest absolute Gasteiger partial charge is 0.355 e. The van der Waals surface area contributed by atoms with E-state index in [0.29, 0.717) is 22.5 Å². The third kappa shape index (κ3) is 4.85. The van der Waals surface area contributed by atoms with Gasteiger partial charge in [-0.1, -0.05) is 19.9 Å². The average Bonchev–Trinajstić information content (AvgIpc) is 2.96. The van der Waals surface area contributed by atoms with Crippen molar-refractivity contribution in [3.63, 3.8) is 0 Å². The fraction of sp³-hybridized carbons (Fsp3) is 0.429. The van der Waals surface area contributed by atoms with Crippen molar-refractivity contribution < 1.29 is 19.1 Å². The summed E-state index contributed by atoms with van der Waals surface area (Å²) in [6.07, 6.45) is 1.65. The topological polar surface area (TPSA) is 92.4 Å². The molecule has 150 valence electrons. The van der Waals surface area contributed by atoms with E-state index in [1.54, 1.807) is 46.9 Å². The zero-order chi connectivity index (χ0) is 20.8. The van der Waals surface area contributed by atoms with Crippen LogP contribution in [0.25, 0.3) is 0 Å². The summed E-state index contributed by atoms with van der Waals surface area (Å²) in [7, 11) is 0. The molecule has 0 bridgehead atoms. The Hall–Kier alpha value is -2.96. The summed E-state index contributed by atoms with van der Waals surface area (Å²) in [4.78, 5) is 46.4. The first kappa shape index (κ1) is 21.3. The first-order valence-corrected chi connectivity index (χ1v) is 9.34. The molecule has 0 spiro atoms. The Morgan fingerprint density at radius 2 is 1.93 bits per heavy atom. The van der Waals surface area contributed by atoms with Gasteiger partial charge in [0.15, 0.2) is 5.78 Å². The van der Waals surface area contributed by atoms with Gasteiger partial charge in [-0.3, -0.25) is 14.6 Å². The molecule has 1 amide bonds. The summed E-state index contributed by atoms with van der Waals surface area (Å²) in [5.41, 5.74) is 2.52. The van der Waals surface area contributed by atoms with Crippen molar-refractivity contribution >= 4 is 17.7 Å². The van der Waals surface area contributed by atoms with Gasteiger partial charge in [-0.15, -0.1) is 0 Å². The molecule has 0 aliphatic carbocycles. The molecule has 0 saturated heterocycles. The van der Waals surface area contributed by atoms with Crippen LogP contribution in [0.2, 0.25) is 0 Å². The number of amides is 1. The zero-order valence-corrected chi connectivity index (χ0v) is 17.0. The molecule has 0 saturated carbocycles. The fourth-order valence-electron chi connectivity index (χ4n) is 3.09. The zero-order valence-electron chi connectivity index (χ0n) is 17.0. The second kappa shape index (κ2) is 9.30. The van der Waals surface area contributed by atoms with E-state index in [2.05, 4.69) is 9.97 Å². The van der Waals surface area contributed by atoms with Crippen molar-refractivity contribution in [1.29, 1.82) is 0 Å². The standard InChI is InChI=1S/C21H27N3O4/c1-6-28-21(27)19-14(4)18(15(5)23-19)17(25)12-24(20(26)13(2)3)11-16-9-7-8-10-22-16/h7-10,13,23H,6,11-12H2,1-5H3. The number of carbonyl (C=O) groups is 3. The summed E-state index contributed by atoms with van der Waals surface area (Å²) < 4.78 is 5.03. The summed E-state index contributed by atoms with van der Waals surface area (Å²) in [5, 5.41) is 0. The highest BCUT2D eigenvalue weighted by atomic mass is 16.5. The summed E-state index contributed by atoms with van der Waals surface area (Å²) in [5.74, 6) is -1.10. The van der Waals surface area contributed by atoms with E-state index in [4.69, 9.17) is 4.74 Å². The molecule has 0 radical (unpaired) electrons. The Kier molecular flexibility index (Phi) is 7.09. The number of hydrogen-bond donors (Lipinski definition) is 1. The molecule has 0 aromatic carbocycles. The van der Waals surface area contributed by atoms with Crippen molar-refractivity contribution in [1.82, 2.24) is 14.9 Å². The maximum atomic E-state index is 13.0. The molecule has 7 heteroatoms. The number of ketones is 1. The van der Waals surface area contributed by atoms with Crippen LogP contribution in [0.5, 0.6) is 0 Å². The molecule has 1 N–H and O–H groups in total. The van der Waals surface area contributed by atoms with Gasteiger partial charge in [0.05, 0.1) is 25.4 Å². The van der Waals surface area contributed by atoms with Crippen molar-refractivity contribution in [2.75, 3.05) is 13.2 Å². The van der Waals surface area contributed by atoms with E-state index < -0.39 is 5.97 Å². The number of ether oxygens (including phenoxy) is 1. The van der Waals surface area contributed by atoms with Crippen LogP contribution < -0.4 is 0 Å². The van der Waals surface area contributed by atoms with Crippen molar-refractivity contribution in [3.8, 4) is 0 Å². The van der Waals surface area contributed by atoms with Crippen LogP contribution in [-0.2, 0) is 16.1 Å². The molecule has 0 aliphatic rings. The van der Waals surface area contributed by atoms with E-state index in [1.807, 2.05) is 12.1 Å². The molecule has 28 heavy (non-hydrogen) atoms. The molecule has 0 unspecified atom stereocenters. The van der Waals surface area contributed by atoms with E-state index in [9.17, 15) is 14.4 Å². The van der Waals surface area contributed by atoms with Crippen LogP contribution in [0.15, 0.2) is 24.4 Å². The van der Waals surface area contributed by atoms with Gasteiger partial charge in [-0.25, -0.2) is 4.79 Å². The molecule has 2 aromatic rings. The van der Waals surface area contributed by atoms with Crippen LogP contribution >= 0.6 is 0 Å². The van der Waals surface area contributed by atoms with Crippen molar-refractivity contribution in [2.24, 2.45) is 5.92 Å². The van der Waals surface area contributed by atoms with E-state index in [0.717, 1.165) is 0 Å². The summed E-state index contributed by atoms with van der Waals surface area (Å²) in [6, 6.07) is 5.46. The minimum atomic E-state index is -0.495. The summed E-state index contributed by atoms with van der Waals surface area (Å²) in [6.45, 7) is 9.16. The van der Waals surface area contributed by atoms with E-state index >= 15 is 0 Å². The Bertz CT molecular complexity index is 856. The SMILES string of the molecule is CCOC(=O)c1[nH]c(C)c(C(=O)CN(Cc2ccccn2)C(=O)C(C)C)c1C. The van der Waals surface area contributed by atoms with Crippen LogP contribution in [-0.4, -0.2) is 45.7 Å². The molecular weight excluding hydrogens is 358 g/mol. The first-order chi connectivity index (χ1) is 13.3. The lowest BCUT2D eigenvalue weighted by molar-refractivity contribution is -0.134. The number of rotatable bonds is 8. The molecule has 7 nitrogen and oxygen atoms in total. The van der Waals surface area contributed by atoms with Gasteiger partial charge >= 0.3 is 5.97 Å². The second-order valence-electron chi connectivity index (χ2n) is 6.94. The Morgan fingerprint density at radius 1 is 1.21 bits per heavy atom. The maximum absolute atomic E-state index is 13.0. The third-order valence-corrected chi connectivity index (χ3v) is 4.41. The molecule has 0 aliphatic heterocycles. The lowest BCUT2D eigenvalue weighted by atomic mass is 10.0. The number of hydrogen-bond acceptors (Lipinski definition) is 5. The number of carbonyl (C=O) groups excluding carboxylic acids is 3. The first-order valence-electron chi connectivity index (χ1n) is 9.34. The molecule has 2 rings (SSSR count). The van der Waals surface area contributed by atoms with Crippen LogP contribution in [0.3, 0.4) is 0 Å². The van der Waals surface area contributed by atoms with Gasteiger partial charge in [-0.2, -0.15) is 0 Å². The van der Waals surface area contributed by atoms with Crippen LogP contribution in [0.1, 0.15) is 58.6 Å². The highest BCUT2D eigenvalue weighted by Gasteiger charge is 2.26. The third-order valence-electron chi connectivity index (χ3n) is 4.41. The number of nitrogens with one attached hydrogen (secondary N) is 1. The molecular formula is C21H27N3O4. The number of Topliss-reactive ketones (excluding diaryl/α,β-unsaturated/α-hetero) is 1. The average molecular weight is 385 g/mol. The number of H-pyrrole nitrogens is 1. The maximum Gasteiger partial charge on any atom is 0.355 e. The minimum absolute atomic E-state index is 0.0879. The number of nitrogens with zero attached hydrogens (tertiary/aromatic N) is 2. The van der Waals surface area contributed by atoms with Gasteiger partial charge < -0.3 is 14.6 Å². The normalized spacial score (nSPS) is 10.8. The molecule has 2 aromatic heterocycles. The van der Waals surface area contributed by atoms with Gasteiger partial charge in [0, 0.05) is 23.4 Å². The predicted octanol–water partition coefficient (Wildman–Crippen LogP) is 3.07. The lowest BCUT2D eigenvalue weighted by Crippen LogP contribution is -2.38. The summed E-state index contributed by atoms with van der Waals surface area (Å²) >= 11 is 0. The molecule has 2 heterocycles. The number of aryl methyl sites for hydroxylation is 1. The Morgan fingerprint density at radius 3 is 2.50 bits per heavy atom. The van der Waals surface area contributed by atoms with Crippen molar-refractivity contribution in [2.45, 2.75) is 41.2 Å². The monoisotopic (exact) mass is 385 g/mol. The Labute approximate surface area is 165 Å². The number of aromatic amines is 1. The number of pyridine rings is 1. The highest BCUT2D eigenvalue weighted by Crippen LogP contribution is 2.20. The fourth-order valence-corrected chi connectivity index (χ4v) is 3.09. The minimum Gasteiger partial charge on any atom is -0.461 e. The lowest BCUT2D eigenvalue weighted by Gasteiger charge is -2.23. The van der Waals surface area contributed by atoms with E-state index in [-0.39, 0.29) is 43.0 Å². The van der Waals surface area contributed by atoms with Gasteiger partial charge in [0.1, 0.15) is 5.69 Å². The highest BCUT2D eigenvalue weighted by molar-refractivity contribution is 6.04. The van der Waals surface area contributed by atoms with Gasteiger partial charge in [0.2, 0.25) is 5.91 Å². The van der Waals surface area contributed by atoms with Crippen molar-refractivity contribution in [3.05, 3.63) is 52.6 Å². The molecule has 0 fully saturated rings. The van der Waals surface area contributed by atoms with Gasteiger partial charge in [-0.05, 0) is 38.5 Å². The number of esters is 1. The van der Waals surface area contributed by atoms with Gasteiger partial charge in [0.25, 0.3) is 0 Å². The predicted molar refractivity (Wildman–Crippen MR) is 105 cm³/mol. The molecule has 0 atom stereocenters. The second-order valence-corrected chi connectivity index (χ2v) is 6.94. The largest absolute Gasteiger partial charge is 0.461 e. The van der Waals surface area contributed by atoms with Crippen LogP contribution in [0.4, 0.5) is 0 Å². The van der Waals surface area contributed by atoms with Crippen LogP contribution in [0, 0.1) is 19.8 Å².